The molecule has 1 heterocycles. The average molecular weight is 431 g/mol. The van der Waals surface area contributed by atoms with Crippen molar-refractivity contribution >= 4 is 29.9 Å². The summed E-state index contributed by atoms with van der Waals surface area (Å²) in [5.74, 6) is 2.62. The highest BCUT2D eigenvalue weighted by Gasteiger charge is 2.16. The monoisotopic (exact) mass is 431 g/mol. The molecule has 2 N–H and O–H groups in total. The Morgan fingerprint density at radius 3 is 2.78 bits per heavy atom. The van der Waals surface area contributed by atoms with Crippen LogP contribution in [-0.4, -0.2) is 31.9 Å². The topological polar surface area (TPSA) is 54.9 Å². The molecule has 0 aromatic heterocycles. The molecule has 0 saturated heterocycles. The molecule has 23 heavy (non-hydrogen) atoms. The van der Waals surface area contributed by atoms with Crippen LogP contribution in [0.2, 0.25) is 0 Å². The molecule has 0 radical (unpaired) electrons. The summed E-state index contributed by atoms with van der Waals surface area (Å²) >= 11 is 0. The Morgan fingerprint density at radius 2 is 2.00 bits per heavy atom. The summed E-state index contributed by atoms with van der Waals surface area (Å²) in [6, 6.07) is 6.70. The van der Waals surface area contributed by atoms with Gasteiger partial charge in [0.15, 0.2) is 17.5 Å². The molecule has 1 aliphatic heterocycles. The maximum atomic E-state index is 5.41. The fourth-order valence-corrected chi connectivity index (χ4v) is 2.98. The molecule has 0 atom stereocenters. The Balaban J connectivity index is 0.00000192. The fraction of sp³-hybridized carbons (Fsp3) is 0.588. The summed E-state index contributed by atoms with van der Waals surface area (Å²) in [5, 5.41) is 6.87. The number of hydrogen-bond acceptors (Lipinski definition) is 3. The lowest BCUT2D eigenvalue weighted by Crippen LogP contribution is -2.42. The molecular weight excluding hydrogens is 405 g/mol. The lowest BCUT2D eigenvalue weighted by molar-refractivity contribution is 0.174. The smallest absolute Gasteiger partial charge is 0.231 e. The molecule has 0 amide bonds. The van der Waals surface area contributed by atoms with E-state index in [2.05, 4.69) is 34.7 Å². The Labute approximate surface area is 155 Å². The van der Waals surface area contributed by atoms with Crippen LogP contribution < -0.4 is 20.1 Å². The molecule has 1 saturated carbocycles. The van der Waals surface area contributed by atoms with Crippen LogP contribution in [0.4, 0.5) is 0 Å². The summed E-state index contributed by atoms with van der Waals surface area (Å²) in [7, 11) is 0. The minimum absolute atomic E-state index is 0. The molecule has 128 valence electrons. The molecule has 6 heteroatoms. The number of guanidine groups is 1. The number of aliphatic imine (C=N–C) groups is 1. The molecule has 1 aromatic rings. The van der Waals surface area contributed by atoms with Gasteiger partial charge in [-0.15, -0.1) is 24.0 Å². The second-order valence-electron chi connectivity index (χ2n) is 5.82. The highest BCUT2D eigenvalue weighted by molar-refractivity contribution is 14.0. The van der Waals surface area contributed by atoms with Crippen molar-refractivity contribution in [2.24, 2.45) is 4.99 Å². The number of nitrogens with one attached hydrogen (secondary N) is 2. The Hall–Kier alpha value is -1.18. The van der Waals surface area contributed by atoms with Crippen molar-refractivity contribution in [1.29, 1.82) is 0 Å². The van der Waals surface area contributed by atoms with Gasteiger partial charge in [0.1, 0.15) is 0 Å². The van der Waals surface area contributed by atoms with E-state index >= 15 is 0 Å². The highest BCUT2D eigenvalue weighted by Crippen LogP contribution is 2.32. The van der Waals surface area contributed by atoms with E-state index < -0.39 is 0 Å². The lowest BCUT2D eigenvalue weighted by atomic mass is 10.1. The van der Waals surface area contributed by atoms with Crippen LogP contribution in [0.5, 0.6) is 11.5 Å². The average Bonchev–Trinajstić information content (AvgIpc) is 3.18. The number of ether oxygens (including phenoxy) is 2. The van der Waals surface area contributed by atoms with E-state index in [1.165, 1.54) is 31.2 Å². The van der Waals surface area contributed by atoms with E-state index in [-0.39, 0.29) is 24.0 Å². The number of fused-ring (bicyclic) bond motifs is 1. The van der Waals surface area contributed by atoms with E-state index in [9.17, 15) is 0 Å². The third kappa shape index (κ3) is 5.16. The van der Waals surface area contributed by atoms with E-state index in [1.54, 1.807) is 0 Å². The van der Waals surface area contributed by atoms with Crippen molar-refractivity contribution in [3.05, 3.63) is 23.8 Å². The fourth-order valence-electron chi connectivity index (χ4n) is 2.98. The van der Waals surface area contributed by atoms with Gasteiger partial charge < -0.3 is 20.1 Å². The molecule has 3 rings (SSSR count). The zero-order valence-electron chi connectivity index (χ0n) is 13.6. The summed E-state index contributed by atoms with van der Waals surface area (Å²) in [6.07, 6.45) is 6.07. The van der Waals surface area contributed by atoms with E-state index in [1.807, 2.05) is 6.07 Å². The number of rotatable bonds is 5. The van der Waals surface area contributed by atoms with E-state index in [4.69, 9.17) is 9.47 Å². The van der Waals surface area contributed by atoms with Crippen LogP contribution in [0.15, 0.2) is 23.2 Å². The normalized spacial score (nSPS) is 17.0. The molecule has 5 nitrogen and oxygen atoms in total. The van der Waals surface area contributed by atoms with Gasteiger partial charge in [0.25, 0.3) is 0 Å². The van der Waals surface area contributed by atoms with Crippen LogP contribution in [0.25, 0.3) is 0 Å². The first-order valence-corrected chi connectivity index (χ1v) is 8.28. The van der Waals surface area contributed by atoms with E-state index in [0.717, 1.165) is 37.0 Å². The van der Waals surface area contributed by atoms with Crippen molar-refractivity contribution in [1.82, 2.24) is 10.6 Å². The van der Waals surface area contributed by atoms with Gasteiger partial charge in [0, 0.05) is 19.1 Å². The van der Waals surface area contributed by atoms with Crippen LogP contribution >= 0.6 is 24.0 Å². The number of nitrogens with zero attached hydrogens (tertiary/aromatic N) is 1. The molecular formula is C17H26IN3O2. The first-order chi connectivity index (χ1) is 10.8. The molecule has 1 aromatic carbocycles. The molecule has 1 aliphatic carbocycles. The van der Waals surface area contributed by atoms with Crippen LogP contribution in [0.3, 0.4) is 0 Å². The zero-order chi connectivity index (χ0) is 15.2. The molecule has 2 aliphatic rings. The van der Waals surface area contributed by atoms with E-state index in [0.29, 0.717) is 12.8 Å². The zero-order valence-corrected chi connectivity index (χ0v) is 16.0. The van der Waals surface area contributed by atoms with Crippen molar-refractivity contribution < 1.29 is 9.47 Å². The van der Waals surface area contributed by atoms with Gasteiger partial charge in [0.05, 0.1) is 0 Å². The quantitative estimate of drug-likeness (QED) is 0.428. The third-order valence-electron chi connectivity index (χ3n) is 4.15. The summed E-state index contributed by atoms with van der Waals surface area (Å²) < 4.78 is 10.7. The Bertz CT molecular complexity index is 531. The lowest BCUT2D eigenvalue weighted by Gasteiger charge is -2.16. The summed E-state index contributed by atoms with van der Waals surface area (Å²) in [5.41, 5.74) is 1.23. The highest BCUT2D eigenvalue weighted by atomic mass is 127. The van der Waals surface area contributed by atoms with Crippen molar-refractivity contribution in [2.75, 3.05) is 19.9 Å². The first kappa shape index (κ1) is 18.2. The largest absolute Gasteiger partial charge is 0.454 e. The number of halogens is 1. The van der Waals surface area contributed by atoms with Gasteiger partial charge in [-0.2, -0.15) is 0 Å². The Kier molecular flexibility index (Phi) is 7.26. The first-order valence-electron chi connectivity index (χ1n) is 8.28. The molecule has 0 spiro atoms. The predicted octanol–water partition coefficient (Wildman–Crippen LogP) is 3.07. The minimum Gasteiger partial charge on any atom is -0.454 e. The standard InChI is InChI=1S/C17H25N3O2.HI/c1-2-18-17(20-14-5-3-4-6-14)19-10-9-13-7-8-15-16(11-13)22-12-21-15;/h7-8,11,14H,2-6,9-10,12H2,1H3,(H2,18,19,20);1H. The molecule has 0 unspecified atom stereocenters. The number of hydrogen-bond donors (Lipinski definition) is 2. The summed E-state index contributed by atoms with van der Waals surface area (Å²) in [4.78, 5) is 4.69. The molecule has 0 bridgehead atoms. The van der Waals surface area contributed by atoms with Crippen molar-refractivity contribution in [3.8, 4) is 11.5 Å². The van der Waals surface area contributed by atoms with Crippen LogP contribution in [0.1, 0.15) is 38.2 Å². The van der Waals surface area contributed by atoms with Gasteiger partial charge in [0.2, 0.25) is 6.79 Å². The van der Waals surface area contributed by atoms with Gasteiger partial charge in [-0.25, -0.2) is 0 Å². The van der Waals surface area contributed by atoms with Crippen molar-refractivity contribution in [3.63, 3.8) is 0 Å². The second-order valence-corrected chi connectivity index (χ2v) is 5.82. The van der Waals surface area contributed by atoms with Gasteiger partial charge in [-0.05, 0) is 43.9 Å². The van der Waals surface area contributed by atoms with Gasteiger partial charge >= 0.3 is 0 Å². The summed E-state index contributed by atoms with van der Waals surface area (Å²) in [6.45, 7) is 4.08. The van der Waals surface area contributed by atoms with Gasteiger partial charge in [-0.1, -0.05) is 18.9 Å². The Morgan fingerprint density at radius 1 is 1.22 bits per heavy atom. The van der Waals surface area contributed by atoms with Crippen LogP contribution in [-0.2, 0) is 6.42 Å². The van der Waals surface area contributed by atoms with Gasteiger partial charge in [-0.3, -0.25) is 4.99 Å². The predicted molar refractivity (Wildman–Crippen MR) is 103 cm³/mol. The third-order valence-corrected chi connectivity index (χ3v) is 4.15. The second kappa shape index (κ2) is 9.20. The maximum Gasteiger partial charge on any atom is 0.231 e. The van der Waals surface area contributed by atoms with Crippen molar-refractivity contribution in [2.45, 2.75) is 45.1 Å². The molecule has 1 fully saturated rings. The van der Waals surface area contributed by atoms with Crippen LogP contribution in [0, 0.1) is 0 Å². The SMILES string of the molecule is CCNC(=NCCc1ccc2c(c1)OCO2)NC1CCCC1.I. The maximum absolute atomic E-state index is 5.41. The minimum atomic E-state index is 0. The number of benzene rings is 1.